The Balaban J connectivity index is 2.61. The average molecular weight is 357 g/mol. The van der Waals surface area contributed by atoms with Crippen molar-refractivity contribution in [1.29, 1.82) is 0 Å². The number of carbonyl (C=O) groups excluding carboxylic acids is 1. The summed E-state index contributed by atoms with van der Waals surface area (Å²) in [5.74, 6) is 0.374. The Kier molecular flexibility index (Phi) is 7.79. The molecule has 0 unspecified atom stereocenters. The number of rotatable bonds is 9. The van der Waals surface area contributed by atoms with Crippen LogP contribution in [-0.4, -0.2) is 23.5 Å². The van der Waals surface area contributed by atoms with Gasteiger partial charge < -0.3 is 9.47 Å². The van der Waals surface area contributed by atoms with Gasteiger partial charge in [0, 0.05) is 5.33 Å². The highest BCUT2D eigenvalue weighted by Crippen LogP contribution is 2.22. The Hall–Kier alpha value is -1.03. The van der Waals surface area contributed by atoms with Crippen molar-refractivity contribution in [2.45, 2.75) is 52.1 Å². The molecule has 4 heteroatoms. The number of ether oxygens (including phenoxy) is 2. The van der Waals surface area contributed by atoms with Crippen LogP contribution in [0.4, 0.5) is 0 Å². The topological polar surface area (TPSA) is 35.5 Å². The second kappa shape index (κ2) is 9.08. The molecular formula is C17H25BrO3. The molecule has 0 aliphatic carbocycles. The van der Waals surface area contributed by atoms with Gasteiger partial charge in [-0.25, -0.2) is 4.79 Å². The number of benzene rings is 1. The van der Waals surface area contributed by atoms with Gasteiger partial charge in [-0.15, -0.1) is 0 Å². The van der Waals surface area contributed by atoms with Crippen molar-refractivity contribution >= 4 is 21.9 Å². The largest absolute Gasteiger partial charge is 0.476 e. The summed E-state index contributed by atoms with van der Waals surface area (Å²) in [5, 5.41) is 1.06. The van der Waals surface area contributed by atoms with Gasteiger partial charge in [0.2, 0.25) is 0 Å². The summed E-state index contributed by atoms with van der Waals surface area (Å²) in [5.41, 5.74) is 0.270. The van der Waals surface area contributed by atoms with E-state index in [-0.39, 0.29) is 5.97 Å². The van der Waals surface area contributed by atoms with Crippen LogP contribution in [0.2, 0.25) is 0 Å². The van der Waals surface area contributed by atoms with Crippen LogP contribution in [0, 0.1) is 0 Å². The Bertz CT molecular complexity index is 443. The first-order chi connectivity index (χ1) is 9.99. The van der Waals surface area contributed by atoms with Gasteiger partial charge in [0.1, 0.15) is 5.75 Å². The smallest absolute Gasteiger partial charge is 0.349 e. The van der Waals surface area contributed by atoms with Crippen molar-refractivity contribution in [3.63, 3.8) is 0 Å². The van der Waals surface area contributed by atoms with Gasteiger partial charge in [-0.3, -0.25) is 0 Å². The monoisotopic (exact) mass is 356 g/mol. The van der Waals surface area contributed by atoms with Crippen LogP contribution in [0.5, 0.6) is 5.75 Å². The van der Waals surface area contributed by atoms with Gasteiger partial charge in [0.05, 0.1) is 6.61 Å². The van der Waals surface area contributed by atoms with Crippen LogP contribution in [0.15, 0.2) is 24.3 Å². The van der Waals surface area contributed by atoms with E-state index in [2.05, 4.69) is 22.0 Å². The van der Waals surface area contributed by atoms with Crippen molar-refractivity contribution in [1.82, 2.24) is 0 Å². The lowest BCUT2D eigenvalue weighted by atomic mass is 10.1. The average Bonchev–Trinajstić information content (AvgIpc) is 2.44. The molecule has 1 aromatic rings. The summed E-state index contributed by atoms with van der Waals surface area (Å²) in [7, 11) is 0. The van der Waals surface area contributed by atoms with E-state index in [1.807, 2.05) is 18.2 Å². The SMILES string of the molecule is CCOC(=O)C(C)(C)Oc1cccc(CCCCCBr)c1. The van der Waals surface area contributed by atoms with Crippen molar-refractivity contribution in [3.8, 4) is 5.75 Å². The minimum atomic E-state index is -0.968. The number of carbonyl (C=O) groups is 1. The number of aryl methyl sites for hydroxylation is 1. The summed E-state index contributed by atoms with van der Waals surface area (Å²) in [6.07, 6.45) is 4.61. The predicted octanol–water partition coefficient (Wildman–Crippen LogP) is 4.51. The van der Waals surface area contributed by atoms with Crippen LogP contribution in [0.1, 0.15) is 45.6 Å². The molecule has 0 spiro atoms. The highest BCUT2D eigenvalue weighted by Gasteiger charge is 2.31. The Morgan fingerprint density at radius 1 is 1.24 bits per heavy atom. The molecular weight excluding hydrogens is 332 g/mol. The van der Waals surface area contributed by atoms with Crippen molar-refractivity contribution in [2.24, 2.45) is 0 Å². The summed E-state index contributed by atoms with van der Waals surface area (Å²) in [6.45, 7) is 5.61. The third-order valence-corrected chi connectivity index (χ3v) is 3.70. The van der Waals surface area contributed by atoms with E-state index in [1.54, 1.807) is 20.8 Å². The van der Waals surface area contributed by atoms with Gasteiger partial charge in [0.25, 0.3) is 0 Å². The van der Waals surface area contributed by atoms with Gasteiger partial charge in [-0.1, -0.05) is 34.5 Å². The van der Waals surface area contributed by atoms with Crippen LogP contribution >= 0.6 is 15.9 Å². The molecule has 3 nitrogen and oxygen atoms in total. The van der Waals surface area contributed by atoms with Crippen LogP contribution in [0.3, 0.4) is 0 Å². The normalized spacial score (nSPS) is 11.2. The number of halogens is 1. The van der Waals surface area contributed by atoms with E-state index >= 15 is 0 Å². The maximum absolute atomic E-state index is 11.8. The molecule has 0 aromatic heterocycles. The molecule has 0 fully saturated rings. The van der Waals surface area contributed by atoms with E-state index in [9.17, 15) is 4.79 Å². The Morgan fingerprint density at radius 3 is 2.67 bits per heavy atom. The summed E-state index contributed by atoms with van der Waals surface area (Å²) < 4.78 is 10.8. The first-order valence-electron chi connectivity index (χ1n) is 7.50. The van der Waals surface area contributed by atoms with Crippen LogP contribution in [-0.2, 0) is 16.0 Å². The van der Waals surface area contributed by atoms with E-state index in [4.69, 9.17) is 9.47 Å². The van der Waals surface area contributed by atoms with Crippen molar-refractivity contribution in [3.05, 3.63) is 29.8 Å². The molecule has 0 aliphatic heterocycles. The van der Waals surface area contributed by atoms with Gasteiger partial charge in [0.15, 0.2) is 5.60 Å². The fourth-order valence-corrected chi connectivity index (χ4v) is 2.40. The summed E-state index contributed by atoms with van der Waals surface area (Å²) in [6, 6.07) is 7.95. The summed E-state index contributed by atoms with van der Waals surface area (Å²) in [4.78, 5) is 11.8. The van der Waals surface area contributed by atoms with Gasteiger partial charge in [-0.05, 0) is 57.7 Å². The molecule has 0 saturated carbocycles. The first kappa shape index (κ1) is 18.0. The maximum atomic E-state index is 11.8. The fourth-order valence-electron chi connectivity index (χ4n) is 2.01. The van der Waals surface area contributed by atoms with E-state index in [1.165, 1.54) is 18.4 Å². The highest BCUT2D eigenvalue weighted by molar-refractivity contribution is 9.09. The Morgan fingerprint density at radius 2 is 2.00 bits per heavy atom. The lowest BCUT2D eigenvalue weighted by molar-refractivity contribution is -0.158. The van der Waals surface area contributed by atoms with Crippen LogP contribution in [0.25, 0.3) is 0 Å². The molecule has 1 rings (SSSR count). The molecule has 1 aromatic carbocycles. The molecule has 0 heterocycles. The quantitative estimate of drug-likeness (QED) is 0.370. The van der Waals surface area contributed by atoms with Crippen molar-refractivity contribution in [2.75, 3.05) is 11.9 Å². The van der Waals surface area contributed by atoms with Gasteiger partial charge in [-0.2, -0.15) is 0 Å². The standard InChI is InChI=1S/C17H25BrO3/c1-4-20-16(19)17(2,3)21-15-11-8-10-14(13-15)9-6-5-7-12-18/h8,10-11,13H,4-7,9,12H2,1-3H3. The molecule has 0 atom stereocenters. The minimum absolute atomic E-state index is 0.340. The second-order valence-corrected chi connectivity index (χ2v) is 6.27. The number of alkyl halides is 1. The number of hydrogen-bond donors (Lipinski definition) is 0. The predicted molar refractivity (Wildman–Crippen MR) is 89.1 cm³/mol. The zero-order chi connectivity index (χ0) is 15.7. The number of hydrogen-bond acceptors (Lipinski definition) is 3. The molecule has 0 N–H and O–H groups in total. The van der Waals surface area contributed by atoms with E-state index in [0.717, 1.165) is 18.2 Å². The minimum Gasteiger partial charge on any atom is -0.476 e. The molecule has 0 bridgehead atoms. The number of esters is 1. The molecule has 0 amide bonds. The third-order valence-electron chi connectivity index (χ3n) is 3.14. The molecule has 21 heavy (non-hydrogen) atoms. The molecule has 118 valence electrons. The highest BCUT2D eigenvalue weighted by atomic mass is 79.9. The zero-order valence-corrected chi connectivity index (χ0v) is 14.7. The molecule has 0 radical (unpaired) electrons. The van der Waals surface area contributed by atoms with Crippen LogP contribution < -0.4 is 4.74 Å². The second-order valence-electron chi connectivity index (χ2n) is 5.48. The molecule has 0 aliphatic rings. The summed E-state index contributed by atoms with van der Waals surface area (Å²) >= 11 is 3.44. The maximum Gasteiger partial charge on any atom is 0.349 e. The van der Waals surface area contributed by atoms with Crippen molar-refractivity contribution < 1.29 is 14.3 Å². The first-order valence-corrected chi connectivity index (χ1v) is 8.63. The lowest BCUT2D eigenvalue weighted by Gasteiger charge is -2.24. The fraction of sp³-hybridized carbons (Fsp3) is 0.588. The van der Waals surface area contributed by atoms with E-state index < -0.39 is 5.60 Å². The lowest BCUT2D eigenvalue weighted by Crippen LogP contribution is -2.39. The number of unbranched alkanes of at least 4 members (excludes halogenated alkanes) is 2. The van der Waals surface area contributed by atoms with E-state index in [0.29, 0.717) is 12.4 Å². The van der Waals surface area contributed by atoms with Gasteiger partial charge >= 0.3 is 5.97 Å². The Labute approximate surface area is 136 Å². The third kappa shape index (κ3) is 6.51. The zero-order valence-electron chi connectivity index (χ0n) is 13.2. The molecule has 0 saturated heterocycles.